The zero-order chi connectivity index (χ0) is 28.4. The SMILES string of the molecule is Cl.O=C(NCc1ccnc(Cl)c1)n1c2c(c3cc(OC(F)(F)F)ccc31)CN(C/C=C/c1cc(F)cc(Cl)c1)CC2. The fourth-order valence-electron chi connectivity index (χ4n) is 4.80. The summed E-state index contributed by atoms with van der Waals surface area (Å²) >= 11 is 11.9. The molecule has 0 spiro atoms. The maximum Gasteiger partial charge on any atom is 0.573 e. The van der Waals surface area contributed by atoms with Gasteiger partial charge in [-0.15, -0.1) is 25.6 Å². The Kier molecular flexibility index (Phi) is 9.48. The molecular weight excluding hydrogens is 607 g/mol. The summed E-state index contributed by atoms with van der Waals surface area (Å²) in [6.45, 7) is 1.66. The molecule has 0 radical (unpaired) electrons. The van der Waals surface area contributed by atoms with Gasteiger partial charge in [0.05, 0.1) is 5.52 Å². The molecule has 1 amide bonds. The number of nitrogens with one attached hydrogen (secondary N) is 1. The molecule has 0 saturated heterocycles. The number of carbonyl (C=O) groups is 1. The van der Waals surface area contributed by atoms with Crippen molar-refractivity contribution < 1.29 is 27.1 Å². The third kappa shape index (κ3) is 7.51. The average Bonchev–Trinajstić information content (AvgIpc) is 3.19. The Labute approximate surface area is 248 Å². The molecule has 1 N–H and O–H groups in total. The maximum absolute atomic E-state index is 13.6. The highest BCUT2D eigenvalue weighted by Crippen LogP contribution is 2.35. The summed E-state index contributed by atoms with van der Waals surface area (Å²) in [5.74, 6) is -0.809. The van der Waals surface area contributed by atoms with Crippen molar-refractivity contribution in [2.75, 3.05) is 13.1 Å². The van der Waals surface area contributed by atoms with Gasteiger partial charge in [-0.1, -0.05) is 35.4 Å². The van der Waals surface area contributed by atoms with Crippen LogP contribution in [0.2, 0.25) is 10.2 Å². The van der Waals surface area contributed by atoms with Crippen LogP contribution in [-0.2, 0) is 19.5 Å². The molecule has 0 atom stereocenters. The van der Waals surface area contributed by atoms with E-state index in [9.17, 15) is 22.4 Å². The zero-order valence-corrected chi connectivity index (χ0v) is 23.5. The molecule has 0 saturated carbocycles. The van der Waals surface area contributed by atoms with Crippen molar-refractivity contribution in [1.82, 2.24) is 19.8 Å². The van der Waals surface area contributed by atoms with Crippen LogP contribution in [0.5, 0.6) is 5.75 Å². The van der Waals surface area contributed by atoms with E-state index in [0.717, 1.165) is 11.1 Å². The third-order valence-corrected chi connectivity index (χ3v) is 6.85. The van der Waals surface area contributed by atoms with Crippen LogP contribution in [0.3, 0.4) is 0 Å². The van der Waals surface area contributed by atoms with Crippen LogP contribution in [0.4, 0.5) is 22.4 Å². The van der Waals surface area contributed by atoms with E-state index in [1.165, 1.54) is 41.1 Å². The normalized spacial score (nSPS) is 13.7. The minimum atomic E-state index is -4.85. The number of aromatic nitrogens is 2. The number of alkyl halides is 3. The first-order valence-electron chi connectivity index (χ1n) is 12.2. The molecule has 3 heterocycles. The number of rotatable bonds is 6. The average molecular weight is 630 g/mol. The van der Waals surface area contributed by atoms with Crippen molar-refractivity contribution in [3.8, 4) is 5.75 Å². The van der Waals surface area contributed by atoms with E-state index in [1.807, 2.05) is 6.08 Å². The number of halogens is 7. The molecule has 0 fully saturated rings. The van der Waals surface area contributed by atoms with Crippen molar-refractivity contribution >= 4 is 58.6 Å². The molecule has 0 unspecified atom stereocenters. The van der Waals surface area contributed by atoms with E-state index in [1.54, 1.807) is 24.3 Å². The third-order valence-electron chi connectivity index (χ3n) is 6.43. The Morgan fingerprint density at radius 1 is 1.12 bits per heavy atom. The molecule has 4 aromatic rings. The van der Waals surface area contributed by atoms with E-state index >= 15 is 0 Å². The van der Waals surface area contributed by atoms with Crippen molar-refractivity contribution in [1.29, 1.82) is 0 Å². The zero-order valence-electron chi connectivity index (χ0n) is 21.2. The van der Waals surface area contributed by atoms with Crippen molar-refractivity contribution in [2.45, 2.75) is 25.9 Å². The monoisotopic (exact) mass is 628 g/mol. The predicted molar refractivity (Wildman–Crippen MR) is 152 cm³/mol. The quantitative estimate of drug-likeness (QED) is 0.176. The van der Waals surface area contributed by atoms with E-state index in [-0.39, 0.29) is 29.7 Å². The summed E-state index contributed by atoms with van der Waals surface area (Å²) < 4.78 is 58.1. The molecule has 2 aromatic heterocycles. The molecule has 1 aliphatic rings. The van der Waals surface area contributed by atoms with E-state index in [0.29, 0.717) is 53.4 Å². The van der Waals surface area contributed by atoms with Crippen LogP contribution in [0, 0.1) is 5.82 Å². The summed E-state index contributed by atoms with van der Waals surface area (Å²) in [4.78, 5) is 19.4. The van der Waals surface area contributed by atoms with Crippen LogP contribution in [0.15, 0.2) is 60.8 Å². The maximum atomic E-state index is 13.6. The lowest BCUT2D eigenvalue weighted by molar-refractivity contribution is -0.274. The van der Waals surface area contributed by atoms with Gasteiger partial charge in [-0.25, -0.2) is 14.2 Å². The highest BCUT2D eigenvalue weighted by molar-refractivity contribution is 6.30. The first-order chi connectivity index (χ1) is 19.1. The van der Waals surface area contributed by atoms with Gasteiger partial charge >= 0.3 is 12.4 Å². The Bertz CT molecular complexity index is 1590. The van der Waals surface area contributed by atoms with E-state index < -0.39 is 18.2 Å². The molecule has 0 bridgehead atoms. The summed E-state index contributed by atoms with van der Waals surface area (Å²) in [7, 11) is 0. The minimum Gasteiger partial charge on any atom is -0.406 e. The van der Waals surface area contributed by atoms with Gasteiger partial charge in [-0.2, -0.15) is 0 Å². The molecule has 13 heteroatoms. The topological polar surface area (TPSA) is 59.4 Å². The predicted octanol–water partition coefficient (Wildman–Crippen LogP) is 7.63. The standard InChI is InChI=1S/C28H22Cl2F4N4O2.ClH/c29-19-10-17(11-20(31)13-19)2-1-8-37-9-6-25-23(16-37)22-14-21(40-28(32,33)34)3-4-24(22)38(25)27(39)36-15-18-5-7-35-26(30)12-18;/h1-5,7,10-14H,6,8-9,15-16H2,(H,36,39);1H/b2-1+;. The molecular formula is C28H23Cl3F4N4O2. The fraction of sp³-hybridized carbons (Fsp3) is 0.214. The van der Waals surface area contributed by atoms with Crippen molar-refractivity contribution in [3.05, 3.63) is 99.2 Å². The number of amides is 1. The van der Waals surface area contributed by atoms with Gasteiger partial charge in [0, 0.05) is 54.9 Å². The van der Waals surface area contributed by atoms with Gasteiger partial charge in [0.1, 0.15) is 16.7 Å². The lowest BCUT2D eigenvalue weighted by Crippen LogP contribution is -2.34. The minimum absolute atomic E-state index is 0. The van der Waals surface area contributed by atoms with Gasteiger partial charge in [-0.05, 0) is 65.2 Å². The summed E-state index contributed by atoms with van der Waals surface area (Å²) in [5.41, 5.74) is 3.27. The van der Waals surface area contributed by atoms with Crippen LogP contribution >= 0.6 is 35.6 Å². The number of fused-ring (bicyclic) bond motifs is 3. The number of nitrogens with zero attached hydrogens (tertiary/aromatic N) is 3. The van der Waals surface area contributed by atoms with E-state index in [2.05, 4.69) is 19.9 Å². The van der Waals surface area contributed by atoms with Gasteiger partial charge in [0.2, 0.25) is 0 Å². The molecule has 5 rings (SSSR count). The van der Waals surface area contributed by atoms with Crippen LogP contribution < -0.4 is 10.1 Å². The Morgan fingerprint density at radius 3 is 2.66 bits per heavy atom. The van der Waals surface area contributed by atoms with Gasteiger partial charge in [0.15, 0.2) is 0 Å². The fourth-order valence-corrected chi connectivity index (χ4v) is 5.22. The van der Waals surface area contributed by atoms with Crippen molar-refractivity contribution in [2.24, 2.45) is 0 Å². The molecule has 1 aliphatic heterocycles. The smallest absolute Gasteiger partial charge is 0.406 e. The number of hydrogen-bond acceptors (Lipinski definition) is 4. The van der Waals surface area contributed by atoms with Crippen LogP contribution in [-0.4, -0.2) is 39.9 Å². The Hall–Kier alpha value is -3.31. The van der Waals surface area contributed by atoms with Crippen LogP contribution in [0.25, 0.3) is 17.0 Å². The number of pyridine rings is 1. The molecule has 6 nitrogen and oxygen atoms in total. The van der Waals surface area contributed by atoms with Crippen LogP contribution in [0.1, 0.15) is 22.4 Å². The number of ether oxygens (including phenoxy) is 1. The number of hydrogen-bond donors (Lipinski definition) is 1. The summed E-state index contributed by atoms with van der Waals surface area (Å²) in [6.07, 6.45) is 0.774. The Morgan fingerprint density at radius 2 is 1.93 bits per heavy atom. The highest BCUT2D eigenvalue weighted by Gasteiger charge is 2.32. The highest BCUT2D eigenvalue weighted by atomic mass is 35.5. The largest absolute Gasteiger partial charge is 0.573 e. The van der Waals surface area contributed by atoms with Crippen molar-refractivity contribution in [3.63, 3.8) is 0 Å². The Balaban J connectivity index is 0.00000387. The molecule has 0 aliphatic carbocycles. The summed E-state index contributed by atoms with van der Waals surface area (Å²) in [6, 6.07) is 11.1. The second kappa shape index (κ2) is 12.7. The lowest BCUT2D eigenvalue weighted by atomic mass is 10.0. The van der Waals surface area contributed by atoms with Gasteiger partial charge in [0.25, 0.3) is 0 Å². The van der Waals surface area contributed by atoms with E-state index in [4.69, 9.17) is 23.2 Å². The second-order valence-electron chi connectivity index (χ2n) is 9.22. The van der Waals surface area contributed by atoms with Gasteiger partial charge < -0.3 is 10.1 Å². The lowest BCUT2D eigenvalue weighted by Gasteiger charge is -2.27. The first kappa shape index (κ1) is 30.6. The van der Waals surface area contributed by atoms with Gasteiger partial charge in [-0.3, -0.25) is 9.47 Å². The molecule has 216 valence electrons. The molecule has 2 aromatic carbocycles. The molecule has 41 heavy (non-hydrogen) atoms. The first-order valence-corrected chi connectivity index (χ1v) is 13.0. The number of benzene rings is 2. The second-order valence-corrected chi connectivity index (χ2v) is 10.0. The summed E-state index contributed by atoms with van der Waals surface area (Å²) in [5, 5.41) is 3.93. The number of carbonyl (C=O) groups excluding carboxylic acids is 1.